The lowest BCUT2D eigenvalue weighted by Gasteiger charge is -2.17. The van der Waals surface area contributed by atoms with Crippen LogP contribution in [0.4, 0.5) is 0 Å². The van der Waals surface area contributed by atoms with Crippen molar-refractivity contribution in [3.05, 3.63) is 57.0 Å². The van der Waals surface area contributed by atoms with Crippen molar-refractivity contribution < 1.29 is 14.3 Å². The van der Waals surface area contributed by atoms with Gasteiger partial charge in [-0.3, -0.25) is 9.59 Å². The fourth-order valence-corrected chi connectivity index (χ4v) is 3.32. The van der Waals surface area contributed by atoms with E-state index in [9.17, 15) is 14.4 Å². The van der Waals surface area contributed by atoms with Crippen LogP contribution in [0.3, 0.4) is 0 Å². The van der Waals surface area contributed by atoms with E-state index in [4.69, 9.17) is 16.3 Å². The summed E-state index contributed by atoms with van der Waals surface area (Å²) < 4.78 is 6.65. The highest BCUT2D eigenvalue weighted by atomic mass is 35.5. The van der Waals surface area contributed by atoms with Crippen molar-refractivity contribution in [1.82, 2.24) is 15.1 Å². The number of benzene rings is 1. The number of aromatic nitrogens is 2. The van der Waals surface area contributed by atoms with Crippen LogP contribution in [-0.2, 0) is 9.53 Å². The molecule has 1 aliphatic carbocycles. The third-order valence-corrected chi connectivity index (χ3v) is 4.98. The topological polar surface area (TPSA) is 90.3 Å². The smallest absolute Gasteiger partial charge is 0.363 e. The van der Waals surface area contributed by atoms with Crippen LogP contribution in [0.2, 0.25) is 5.02 Å². The van der Waals surface area contributed by atoms with Crippen molar-refractivity contribution in [3.63, 3.8) is 0 Å². The number of carbonyl (C=O) groups excluding carboxylic acids is 2. The number of aryl methyl sites for hydroxylation is 1. The van der Waals surface area contributed by atoms with Gasteiger partial charge in [-0.1, -0.05) is 24.4 Å². The highest BCUT2D eigenvalue weighted by Gasteiger charge is 2.25. The van der Waals surface area contributed by atoms with Crippen molar-refractivity contribution in [2.45, 2.75) is 51.7 Å². The van der Waals surface area contributed by atoms with Crippen LogP contribution >= 0.6 is 11.6 Å². The standard InChI is InChI=1S/C20H22ClN3O4/c1-12-11-17(25)18(23-24(12)16-9-7-14(21)8-10-16)20(27)28-13(2)19(26)22-15-5-3-4-6-15/h7-11,13,15H,3-6H2,1-2H3,(H,22,26). The highest BCUT2D eigenvalue weighted by molar-refractivity contribution is 6.30. The van der Waals surface area contributed by atoms with Crippen LogP contribution in [0, 0.1) is 6.92 Å². The summed E-state index contributed by atoms with van der Waals surface area (Å²) in [6.07, 6.45) is 3.00. The van der Waals surface area contributed by atoms with Crippen LogP contribution in [0.25, 0.3) is 5.69 Å². The molecule has 1 heterocycles. The van der Waals surface area contributed by atoms with Crippen molar-refractivity contribution in [1.29, 1.82) is 0 Å². The van der Waals surface area contributed by atoms with Gasteiger partial charge in [0.05, 0.1) is 5.69 Å². The van der Waals surface area contributed by atoms with E-state index in [1.165, 1.54) is 17.7 Å². The molecule has 2 aromatic rings. The summed E-state index contributed by atoms with van der Waals surface area (Å²) in [5.41, 5.74) is 0.260. The first kappa shape index (κ1) is 20.1. The lowest BCUT2D eigenvalue weighted by molar-refractivity contribution is -0.129. The molecule has 28 heavy (non-hydrogen) atoms. The molecule has 1 atom stereocenters. The average Bonchev–Trinajstić information content (AvgIpc) is 3.15. The normalized spacial score (nSPS) is 15.2. The summed E-state index contributed by atoms with van der Waals surface area (Å²) in [6.45, 7) is 3.18. The third kappa shape index (κ3) is 4.59. The third-order valence-electron chi connectivity index (χ3n) is 4.73. The second-order valence-electron chi connectivity index (χ2n) is 6.92. The number of amides is 1. The first-order valence-electron chi connectivity index (χ1n) is 9.23. The Balaban J connectivity index is 1.77. The molecular formula is C20H22ClN3O4. The van der Waals surface area contributed by atoms with Gasteiger partial charge in [-0.05, 0) is 51.0 Å². The minimum Gasteiger partial charge on any atom is -0.448 e. The van der Waals surface area contributed by atoms with Crippen LogP contribution in [-0.4, -0.2) is 33.8 Å². The largest absolute Gasteiger partial charge is 0.448 e. The van der Waals surface area contributed by atoms with Crippen molar-refractivity contribution in [2.75, 3.05) is 0 Å². The molecular weight excluding hydrogens is 382 g/mol. The van der Waals surface area contributed by atoms with Crippen LogP contribution in [0.15, 0.2) is 35.1 Å². The second kappa shape index (κ2) is 8.56. The van der Waals surface area contributed by atoms with E-state index in [0.29, 0.717) is 16.4 Å². The van der Waals surface area contributed by atoms with E-state index in [2.05, 4.69) is 10.4 Å². The summed E-state index contributed by atoms with van der Waals surface area (Å²) >= 11 is 5.90. The van der Waals surface area contributed by atoms with Gasteiger partial charge in [0.15, 0.2) is 6.10 Å². The first-order chi connectivity index (χ1) is 13.3. The van der Waals surface area contributed by atoms with Gasteiger partial charge < -0.3 is 10.1 Å². The lowest BCUT2D eigenvalue weighted by atomic mass is 10.2. The van der Waals surface area contributed by atoms with Gasteiger partial charge in [0.1, 0.15) is 0 Å². The van der Waals surface area contributed by atoms with Gasteiger partial charge in [0.2, 0.25) is 11.1 Å². The monoisotopic (exact) mass is 403 g/mol. The molecule has 0 aliphatic heterocycles. The summed E-state index contributed by atoms with van der Waals surface area (Å²) in [5, 5.41) is 7.57. The van der Waals surface area contributed by atoms with Crippen LogP contribution in [0.1, 0.15) is 48.8 Å². The maximum absolute atomic E-state index is 12.5. The molecule has 1 aromatic heterocycles. The van der Waals surface area contributed by atoms with E-state index >= 15 is 0 Å². The average molecular weight is 404 g/mol. The van der Waals surface area contributed by atoms with E-state index in [0.717, 1.165) is 25.7 Å². The maximum Gasteiger partial charge on any atom is 0.363 e. The molecule has 1 fully saturated rings. The van der Waals surface area contributed by atoms with E-state index < -0.39 is 17.5 Å². The molecule has 0 radical (unpaired) electrons. The molecule has 1 aromatic carbocycles. The van der Waals surface area contributed by atoms with E-state index in [1.54, 1.807) is 31.2 Å². The number of carbonyl (C=O) groups is 2. The van der Waals surface area contributed by atoms with Gasteiger partial charge in [-0.2, -0.15) is 5.10 Å². The Morgan fingerprint density at radius 3 is 2.54 bits per heavy atom. The molecule has 1 aliphatic rings. The van der Waals surface area contributed by atoms with Gasteiger partial charge in [-0.25, -0.2) is 9.48 Å². The summed E-state index contributed by atoms with van der Waals surface area (Å²) in [4.78, 5) is 36.9. The Bertz CT molecular complexity index is 933. The minimum absolute atomic E-state index is 0.119. The van der Waals surface area contributed by atoms with Gasteiger partial charge in [-0.15, -0.1) is 0 Å². The number of hydrogen-bond donors (Lipinski definition) is 1. The number of esters is 1. The molecule has 1 N–H and O–H groups in total. The molecule has 1 saturated carbocycles. The van der Waals surface area contributed by atoms with Crippen molar-refractivity contribution in [3.8, 4) is 5.69 Å². The Hall–Kier alpha value is -2.67. The van der Waals surface area contributed by atoms with E-state index in [-0.39, 0.29) is 17.6 Å². The Morgan fingerprint density at radius 2 is 1.89 bits per heavy atom. The summed E-state index contributed by atoms with van der Waals surface area (Å²) in [7, 11) is 0. The number of nitrogens with zero attached hydrogens (tertiary/aromatic N) is 2. The molecule has 7 nitrogen and oxygen atoms in total. The van der Waals surface area contributed by atoms with Gasteiger partial charge in [0, 0.05) is 22.8 Å². The molecule has 0 bridgehead atoms. The van der Waals surface area contributed by atoms with Crippen LogP contribution in [0.5, 0.6) is 0 Å². The predicted molar refractivity (Wildman–Crippen MR) is 105 cm³/mol. The quantitative estimate of drug-likeness (QED) is 0.775. The Labute approximate surface area is 167 Å². The zero-order chi connectivity index (χ0) is 20.3. The van der Waals surface area contributed by atoms with Crippen molar-refractivity contribution >= 4 is 23.5 Å². The number of hydrogen-bond acceptors (Lipinski definition) is 5. The molecule has 0 saturated heterocycles. The molecule has 8 heteroatoms. The Morgan fingerprint density at radius 1 is 1.25 bits per heavy atom. The number of rotatable bonds is 5. The maximum atomic E-state index is 12.5. The fourth-order valence-electron chi connectivity index (χ4n) is 3.19. The van der Waals surface area contributed by atoms with Gasteiger partial charge in [0.25, 0.3) is 5.91 Å². The molecule has 1 unspecified atom stereocenters. The Kier molecular flexibility index (Phi) is 6.14. The van der Waals surface area contributed by atoms with Crippen molar-refractivity contribution in [2.24, 2.45) is 0 Å². The van der Waals surface area contributed by atoms with Gasteiger partial charge >= 0.3 is 5.97 Å². The second-order valence-corrected chi connectivity index (χ2v) is 7.36. The zero-order valence-electron chi connectivity index (χ0n) is 15.8. The number of nitrogens with one attached hydrogen (secondary N) is 1. The minimum atomic E-state index is -1.01. The zero-order valence-corrected chi connectivity index (χ0v) is 16.5. The first-order valence-corrected chi connectivity index (χ1v) is 9.61. The van der Waals surface area contributed by atoms with Crippen LogP contribution < -0.4 is 10.7 Å². The fraction of sp³-hybridized carbons (Fsp3) is 0.400. The lowest BCUT2D eigenvalue weighted by Crippen LogP contribution is -2.41. The predicted octanol–water partition coefficient (Wildman–Crippen LogP) is 2.80. The number of ether oxygens (including phenoxy) is 1. The highest BCUT2D eigenvalue weighted by Crippen LogP contribution is 2.18. The molecule has 0 spiro atoms. The molecule has 1 amide bonds. The SMILES string of the molecule is Cc1cc(=O)c(C(=O)OC(C)C(=O)NC2CCCC2)nn1-c1ccc(Cl)cc1. The molecule has 148 valence electrons. The summed E-state index contributed by atoms with van der Waals surface area (Å²) in [6, 6.07) is 8.24. The molecule has 3 rings (SSSR count). The summed E-state index contributed by atoms with van der Waals surface area (Å²) in [5.74, 6) is -1.30. The van der Waals surface area contributed by atoms with E-state index in [1.807, 2.05) is 0 Å². The number of halogens is 1.